The SMILES string of the molecule is CCC1=C(O)C(=O)C=C[NH+]1CC[NH+]1CCOCC1.[Br-].[Br-]. The van der Waals surface area contributed by atoms with Gasteiger partial charge < -0.3 is 48.7 Å². The zero-order valence-electron chi connectivity index (χ0n) is 11.6. The number of carbonyl (C=O) groups is 1. The third-order valence-corrected chi connectivity index (χ3v) is 3.64. The van der Waals surface area contributed by atoms with Gasteiger partial charge >= 0.3 is 0 Å². The van der Waals surface area contributed by atoms with Gasteiger partial charge in [0.1, 0.15) is 32.4 Å². The van der Waals surface area contributed by atoms with Crippen molar-refractivity contribution in [3.05, 3.63) is 23.7 Å². The molecule has 3 N–H and O–H groups in total. The molecule has 0 saturated carbocycles. The first-order chi connectivity index (χ1) is 8.72. The number of halogens is 2. The van der Waals surface area contributed by atoms with Crippen molar-refractivity contribution < 1.29 is 58.4 Å². The number of rotatable bonds is 4. The maximum Gasteiger partial charge on any atom is 0.231 e. The molecule has 2 aliphatic rings. The van der Waals surface area contributed by atoms with Gasteiger partial charge in [0.2, 0.25) is 11.5 Å². The average molecular weight is 414 g/mol. The van der Waals surface area contributed by atoms with Crippen LogP contribution in [0.4, 0.5) is 0 Å². The van der Waals surface area contributed by atoms with Crippen molar-refractivity contribution in [1.82, 2.24) is 0 Å². The normalized spacial score (nSPS) is 23.2. The lowest BCUT2D eigenvalue weighted by Gasteiger charge is -2.26. The second-order valence-corrected chi connectivity index (χ2v) is 4.77. The van der Waals surface area contributed by atoms with Gasteiger partial charge in [0.05, 0.1) is 13.2 Å². The number of hydrogen-bond donors (Lipinski definition) is 3. The number of nitrogens with one attached hydrogen (secondary N) is 2. The van der Waals surface area contributed by atoms with Gasteiger partial charge in [-0.2, -0.15) is 0 Å². The summed E-state index contributed by atoms with van der Waals surface area (Å²) in [5.74, 6) is -0.332. The van der Waals surface area contributed by atoms with E-state index in [0.29, 0.717) is 6.42 Å². The van der Waals surface area contributed by atoms with E-state index in [1.807, 2.05) is 13.1 Å². The summed E-state index contributed by atoms with van der Waals surface area (Å²) in [6.07, 6.45) is 4.04. The predicted molar refractivity (Wildman–Crippen MR) is 66.3 cm³/mol. The maximum atomic E-state index is 11.4. The number of aliphatic hydroxyl groups is 1. The Hall–Kier alpha value is -0.210. The van der Waals surface area contributed by atoms with Crippen LogP contribution in [0.25, 0.3) is 0 Å². The summed E-state index contributed by atoms with van der Waals surface area (Å²) in [5, 5.41) is 9.78. The highest BCUT2D eigenvalue weighted by atomic mass is 79.9. The van der Waals surface area contributed by atoms with Gasteiger partial charge in [0.25, 0.3) is 0 Å². The topological polar surface area (TPSA) is 55.4 Å². The molecular formula is C13H22Br2N2O3. The van der Waals surface area contributed by atoms with Crippen molar-refractivity contribution in [3.8, 4) is 0 Å². The molecule has 2 rings (SSSR count). The van der Waals surface area contributed by atoms with Crippen molar-refractivity contribution in [2.24, 2.45) is 0 Å². The number of allylic oxidation sites excluding steroid dienone is 2. The molecule has 0 aromatic carbocycles. The monoisotopic (exact) mass is 412 g/mol. The van der Waals surface area contributed by atoms with Crippen LogP contribution in [0.15, 0.2) is 23.7 Å². The highest BCUT2D eigenvalue weighted by Gasteiger charge is 2.26. The number of carbonyl (C=O) groups excluding carboxylic acids is 1. The molecule has 0 radical (unpaired) electrons. The summed E-state index contributed by atoms with van der Waals surface area (Å²) >= 11 is 0. The Balaban J connectivity index is 0.00000180. The molecular weight excluding hydrogens is 392 g/mol. The average Bonchev–Trinajstić information content (AvgIpc) is 2.41. The van der Waals surface area contributed by atoms with Gasteiger partial charge in [0, 0.05) is 12.5 Å². The Kier molecular flexibility index (Phi) is 9.58. The molecule has 1 atom stereocenters. The molecule has 0 aromatic heterocycles. The fourth-order valence-corrected chi connectivity index (χ4v) is 2.51. The van der Waals surface area contributed by atoms with E-state index in [-0.39, 0.29) is 45.5 Å². The smallest absolute Gasteiger partial charge is 0.231 e. The second kappa shape index (κ2) is 9.68. The van der Waals surface area contributed by atoms with Gasteiger partial charge in [-0.15, -0.1) is 0 Å². The van der Waals surface area contributed by atoms with E-state index < -0.39 is 0 Å². The molecule has 0 spiro atoms. The molecule has 1 fully saturated rings. The Morgan fingerprint density at radius 1 is 1.25 bits per heavy atom. The highest BCUT2D eigenvalue weighted by molar-refractivity contribution is 6.02. The van der Waals surface area contributed by atoms with Crippen LogP contribution in [0.5, 0.6) is 0 Å². The van der Waals surface area contributed by atoms with E-state index >= 15 is 0 Å². The van der Waals surface area contributed by atoms with Crippen molar-refractivity contribution in [2.75, 3.05) is 39.4 Å². The van der Waals surface area contributed by atoms with Gasteiger partial charge in [-0.25, -0.2) is 0 Å². The minimum Gasteiger partial charge on any atom is -1.00 e. The van der Waals surface area contributed by atoms with Crippen molar-refractivity contribution in [3.63, 3.8) is 0 Å². The van der Waals surface area contributed by atoms with Crippen LogP contribution in [0, 0.1) is 0 Å². The lowest BCUT2D eigenvalue weighted by Crippen LogP contribution is -3.19. The molecule has 2 heterocycles. The Morgan fingerprint density at radius 2 is 1.90 bits per heavy atom. The molecule has 0 aromatic rings. The zero-order chi connectivity index (χ0) is 13.0. The maximum absolute atomic E-state index is 11.4. The largest absolute Gasteiger partial charge is 1.00 e. The number of hydrogen-bond acceptors (Lipinski definition) is 3. The highest BCUT2D eigenvalue weighted by Crippen LogP contribution is 2.04. The molecule has 7 heteroatoms. The van der Waals surface area contributed by atoms with E-state index in [0.717, 1.165) is 50.0 Å². The van der Waals surface area contributed by atoms with Gasteiger partial charge in [-0.05, 0) is 0 Å². The number of morpholine rings is 1. The Labute approximate surface area is 140 Å². The zero-order valence-corrected chi connectivity index (χ0v) is 14.8. The van der Waals surface area contributed by atoms with Crippen molar-refractivity contribution >= 4 is 5.78 Å². The molecule has 1 unspecified atom stereocenters. The van der Waals surface area contributed by atoms with E-state index in [9.17, 15) is 9.90 Å². The lowest BCUT2D eigenvalue weighted by atomic mass is 10.1. The Bertz CT molecular complexity index is 380. The number of aliphatic hydroxyl groups excluding tert-OH is 1. The predicted octanol–water partition coefficient (Wildman–Crippen LogP) is -7.93. The second-order valence-electron chi connectivity index (χ2n) is 4.77. The quantitative estimate of drug-likeness (QED) is 0.429. The summed E-state index contributed by atoms with van der Waals surface area (Å²) < 4.78 is 5.33. The lowest BCUT2D eigenvalue weighted by molar-refractivity contribution is -0.934. The molecule has 2 aliphatic heterocycles. The van der Waals surface area contributed by atoms with Crippen LogP contribution in [0.1, 0.15) is 13.3 Å². The molecule has 0 bridgehead atoms. The van der Waals surface area contributed by atoms with Crippen LogP contribution in [-0.4, -0.2) is 50.3 Å². The van der Waals surface area contributed by atoms with Gasteiger partial charge in [0.15, 0.2) is 5.70 Å². The summed E-state index contributed by atoms with van der Waals surface area (Å²) in [4.78, 5) is 14.0. The fourth-order valence-electron chi connectivity index (χ4n) is 2.51. The molecule has 20 heavy (non-hydrogen) atoms. The molecule has 116 valence electrons. The number of ether oxygens (including phenoxy) is 1. The fraction of sp³-hybridized carbons (Fsp3) is 0.615. The standard InChI is InChI=1S/C13H20N2O3.2BrH/c1-2-11-13(17)12(16)3-4-15(11)6-5-14-7-9-18-10-8-14;;/h3-4,17H,2,5-10H2,1H3;2*1H. The summed E-state index contributed by atoms with van der Waals surface area (Å²) in [6.45, 7) is 7.68. The number of quaternary nitrogens is 2. The van der Waals surface area contributed by atoms with Crippen LogP contribution in [0.2, 0.25) is 0 Å². The molecule has 0 aliphatic carbocycles. The minimum absolute atomic E-state index is 0. The van der Waals surface area contributed by atoms with Crippen LogP contribution in [-0.2, 0) is 9.53 Å². The molecule has 5 nitrogen and oxygen atoms in total. The number of ketones is 1. The van der Waals surface area contributed by atoms with Gasteiger partial charge in [-0.3, -0.25) is 9.69 Å². The van der Waals surface area contributed by atoms with E-state index in [1.165, 1.54) is 11.0 Å². The molecule has 0 amide bonds. The van der Waals surface area contributed by atoms with Crippen molar-refractivity contribution in [2.45, 2.75) is 13.3 Å². The van der Waals surface area contributed by atoms with Crippen LogP contribution in [0.3, 0.4) is 0 Å². The third-order valence-electron chi connectivity index (χ3n) is 3.64. The van der Waals surface area contributed by atoms with Crippen molar-refractivity contribution in [1.29, 1.82) is 0 Å². The van der Waals surface area contributed by atoms with E-state index in [4.69, 9.17) is 4.74 Å². The third kappa shape index (κ3) is 4.96. The van der Waals surface area contributed by atoms with E-state index in [2.05, 4.69) is 0 Å². The van der Waals surface area contributed by atoms with Gasteiger partial charge in [-0.1, -0.05) is 6.92 Å². The van der Waals surface area contributed by atoms with E-state index in [1.54, 1.807) is 0 Å². The summed E-state index contributed by atoms with van der Waals surface area (Å²) in [6, 6.07) is 0. The summed E-state index contributed by atoms with van der Waals surface area (Å²) in [5.41, 5.74) is 0.815. The molecule has 1 saturated heterocycles. The first kappa shape index (κ1) is 19.8. The first-order valence-corrected chi connectivity index (χ1v) is 6.64. The summed E-state index contributed by atoms with van der Waals surface area (Å²) in [7, 11) is 0. The Morgan fingerprint density at radius 3 is 2.50 bits per heavy atom. The van der Waals surface area contributed by atoms with Crippen LogP contribution < -0.4 is 43.8 Å². The first-order valence-electron chi connectivity index (χ1n) is 6.64. The van der Waals surface area contributed by atoms with Crippen LogP contribution >= 0.6 is 0 Å². The minimum atomic E-state index is -0.269.